The molecule has 0 saturated carbocycles. The first kappa shape index (κ1) is 18.0. The first-order chi connectivity index (χ1) is 12.5. The molecular formula is C19H20FN3O3. The fraction of sp³-hybridized carbons (Fsp3) is 0.316. The standard InChI is InChI=1S/C19H20FN3O3/c20-16-5-2-4-15(12-16)18-13-21-9-10-22(18)19(24)8-7-14-3-1-6-17(11-14)23(25)26/h1-6,11-12,18,21H,7-10,13H2. The molecule has 1 atom stereocenters. The average Bonchev–Trinajstić information content (AvgIpc) is 2.66. The number of nitro benzene ring substituents is 1. The fourth-order valence-corrected chi connectivity index (χ4v) is 3.23. The minimum absolute atomic E-state index is 0.0229. The van der Waals surface area contributed by atoms with Crippen molar-refractivity contribution in [1.29, 1.82) is 0 Å². The highest BCUT2D eigenvalue weighted by molar-refractivity contribution is 5.77. The fourth-order valence-electron chi connectivity index (χ4n) is 3.23. The van der Waals surface area contributed by atoms with Gasteiger partial charge < -0.3 is 10.2 Å². The number of hydrogen-bond acceptors (Lipinski definition) is 4. The number of aryl methyl sites for hydroxylation is 1. The first-order valence-corrected chi connectivity index (χ1v) is 8.53. The maximum atomic E-state index is 13.5. The maximum absolute atomic E-state index is 13.5. The predicted octanol–water partition coefficient (Wildman–Crippen LogP) is 2.84. The number of carbonyl (C=O) groups is 1. The number of nitro groups is 1. The molecule has 6 nitrogen and oxygen atoms in total. The summed E-state index contributed by atoms with van der Waals surface area (Å²) in [7, 11) is 0. The van der Waals surface area contributed by atoms with Gasteiger partial charge in [0.05, 0.1) is 11.0 Å². The third-order valence-corrected chi connectivity index (χ3v) is 4.55. The lowest BCUT2D eigenvalue weighted by atomic mass is 10.0. The molecule has 1 aliphatic heterocycles. The van der Waals surface area contributed by atoms with Crippen molar-refractivity contribution in [1.82, 2.24) is 10.2 Å². The van der Waals surface area contributed by atoms with E-state index in [1.807, 2.05) is 6.07 Å². The van der Waals surface area contributed by atoms with Crippen LogP contribution in [0.25, 0.3) is 0 Å². The van der Waals surface area contributed by atoms with Crippen molar-refractivity contribution in [2.45, 2.75) is 18.9 Å². The maximum Gasteiger partial charge on any atom is 0.269 e. The summed E-state index contributed by atoms with van der Waals surface area (Å²) in [6.45, 7) is 1.81. The van der Waals surface area contributed by atoms with Crippen LogP contribution in [-0.4, -0.2) is 35.4 Å². The topological polar surface area (TPSA) is 75.5 Å². The molecule has 0 spiro atoms. The van der Waals surface area contributed by atoms with Gasteiger partial charge >= 0.3 is 0 Å². The van der Waals surface area contributed by atoms with Gasteiger partial charge in [0.25, 0.3) is 5.69 Å². The van der Waals surface area contributed by atoms with E-state index in [9.17, 15) is 19.3 Å². The van der Waals surface area contributed by atoms with Crippen LogP contribution < -0.4 is 5.32 Å². The predicted molar refractivity (Wildman–Crippen MR) is 95.1 cm³/mol. The molecule has 136 valence electrons. The Morgan fingerprint density at radius 1 is 1.27 bits per heavy atom. The van der Waals surface area contributed by atoms with E-state index in [0.717, 1.165) is 11.1 Å². The van der Waals surface area contributed by atoms with Gasteiger partial charge in [-0.2, -0.15) is 0 Å². The second-order valence-electron chi connectivity index (χ2n) is 6.29. The number of halogens is 1. The van der Waals surface area contributed by atoms with Gasteiger partial charge in [-0.05, 0) is 29.7 Å². The van der Waals surface area contributed by atoms with Crippen LogP contribution in [0.3, 0.4) is 0 Å². The van der Waals surface area contributed by atoms with E-state index in [2.05, 4.69) is 5.32 Å². The van der Waals surface area contributed by atoms with Gasteiger partial charge in [0.1, 0.15) is 5.82 Å². The van der Waals surface area contributed by atoms with Crippen molar-refractivity contribution in [2.75, 3.05) is 19.6 Å². The van der Waals surface area contributed by atoms with Crippen LogP contribution in [0, 0.1) is 15.9 Å². The zero-order chi connectivity index (χ0) is 18.5. The number of hydrogen-bond donors (Lipinski definition) is 1. The largest absolute Gasteiger partial charge is 0.333 e. The number of nitrogens with one attached hydrogen (secondary N) is 1. The zero-order valence-electron chi connectivity index (χ0n) is 14.2. The van der Waals surface area contributed by atoms with Gasteiger partial charge in [0.15, 0.2) is 0 Å². The van der Waals surface area contributed by atoms with E-state index in [1.54, 1.807) is 23.1 Å². The Morgan fingerprint density at radius 3 is 2.85 bits per heavy atom. The Bertz CT molecular complexity index is 812. The van der Waals surface area contributed by atoms with E-state index in [1.165, 1.54) is 24.3 Å². The molecule has 2 aromatic carbocycles. The second kappa shape index (κ2) is 8.05. The molecule has 1 amide bonds. The number of non-ortho nitro benzene ring substituents is 1. The molecule has 26 heavy (non-hydrogen) atoms. The molecule has 0 radical (unpaired) electrons. The Morgan fingerprint density at radius 2 is 2.08 bits per heavy atom. The number of benzene rings is 2. The van der Waals surface area contributed by atoms with Gasteiger partial charge in [-0.15, -0.1) is 0 Å². The summed E-state index contributed by atoms with van der Waals surface area (Å²) in [4.78, 5) is 24.9. The molecule has 1 heterocycles. The molecule has 3 rings (SSSR count). The third-order valence-electron chi connectivity index (χ3n) is 4.55. The molecule has 1 unspecified atom stereocenters. The van der Waals surface area contributed by atoms with Gasteiger partial charge in [-0.1, -0.05) is 24.3 Å². The summed E-state index contributed by atoms with van der Waals surface area (Å²) in [5.41, 5.74) is 1.54. The monoisotopic (exact) mass is 357 g/mol. The third kappa shape index (κ3) is 4.23. The average molecular weight is 357 g/mol. The summed E-state index contributed by atoms with van der Waals surface area (Å²) in [6, 6.07) is 12.4. The Labute approximate surface area is 150 Å². The van der Waals surface area contributed by atoms with E-state index >= 15 is 0 Å². The minimum Gasteiger partial charge on any atom is -0.333 e. The van der Waals surface area contributed by atoms with Gasteiger partial charge in [0, 0.05) is 38.2 Å². The molecule has 0 aromatic heterocycles. The molecular weight excluding hydrogens is 337 g/mol. The first-order valence-electron chi connectivity index (χ1n) is 8.53. The lowest BCUT2D eigenvalue weighted by Crippen LogP contribution is -2.48. The van der Waals surface area contributed by atoms with Crippen LogP contribution >= 0.6 is 0 Å². The molecule has 1 aliphatic rings. The van der Waals surface area contributed by atoms with Gasteiger partial charge in [-0.25, -0.2) is 4.39 Å². The van der Waals surface area contributed by atoms with Gasteiger partial charge in [0.2, 0.25) is 5.91 Å². The lowest BCUT2D eigenvalue weighted by Gasteiger charge is -2.36. The van der Waals surface area contributed by atoms with Crippen molar-refractivity contribution in [3.05, 3.63) is 75.6 Å². The van der Waals surface area contributed by atoms with Crippen molar-refractivity contribution < 1.29 is 14.1 Å². The van der Waals surface area contributed by atoms with Crippen molar-refractivity contribution in [3.8, 4) is 0 Å². The molecule has 7 heteroatoms. The molecule has 0 aliphatic carbocycles. The summed E-state index contributed by atoms with van der Waals surface area (Å²) >= 11 is 0. The second-order valence-corrected chi connectivity index (χ2v) is 6.29. The van der Waals surface area contributed by atoms with E-state index in [0.29, 0.717) is 26.1 Å². The Kier molecular flexibility index (Phi) is 5.58. The lowest BCUT2D eigenvalue weighted by molar-refractivity contribution is -0.384. The molecule has 2 aromatic rings. The highest BCUT2D eigenvalue weighted by Crippen LogP contribution is 2.24. The normalized spacial score (nSPS) is 17.1. The molecule has 1 saturated heterocycles. The summed E-state index contributed by atoms with van der Waals surface area (Å²) in [5.74, 6) is -0.357. The smallest absolute Gasteiger partial charge is 0.269 e. The van der Waals surface area contributed by atoms with Crippen LogP contribution in [0.5, 0.6) is 0 Å². The van der Waals surface area contributed by atoms with Crippen LogP contribution in [0.2, 0.25) is 0 Å². The summed E-state index contributed by atoms with van der Waals surface area (Å²) < 4.78 is 13.5. The highest BCUT2D eigenvalue weighted by atomic mass is 19.1. The number of piperazine rings is 1. The van der Waals surface area contributed by atoms with E-state index in [4.69, 9.17) is 0 Å². The number of nitrogens with zero attached hydrogens (tertiary/aromatic N) is 2. The quantitative estimate of drug-likeness (QED) is 0.659. The summed E-state index contributed by atoms with van der Waals surface area (Å²) in [5, 5.41) is 14.1. The Hall–Kier alpha value is -2.80. The Balaban J connectivity index is 1.69. The molecule has 1 N–H and O–H groups in total. The number of rotatable bonds is 5. The van der Waals surface area contributed by atoms with Crippen molar-refractivity contribution >= 4 is 11.6 Å². The van der Waals surface area contributed by atoms with Crippen molar-refractivity contribution in [2.24, 2.45) is 0 Å². The van der Waals surface area contributed by atoms with Crippen LogP contribution in [0.1, 0.15) is 23.6 Å². The number of amides is 1. The van der Waals surface area contributed by atoms with E-state index in [-0.39, 0.29) is 29.9 Å². The molecule has 0 bridgehead atoms. The van der Waals surface area contributed by atoms with Crippen molar-refractivity contribution in [3.63, 3.8) is 0 Å². The van der Waals surface area contributed by atoms with Crippen LogP contribution in [0.4, 0.5) is 10.1 Å². The SMILES string of the molecule is O=C(CCc1cccc([N+](=O)[O-])c1)N1CCNCC1c1cccc(F)c1. The summed E-state index contributed by atoms with van der Waals surface area (Å²) in [6.07, 6.45) is 0.688. The van der Waals surface area contributed by atoms with Gasteiger partial charge in [-0.3, -0.25) is 14.9 Å². The zero-order valence-corrected chi connectivity index (χ0v) is 14.2. The number of carbonyl (C=O) groups excluding carboxylic acids is 1. The minimum atomic E-state index is -0.443. The van der Waals surface area contributed by atoms with E-state index < -0.39 is 4.92 Å². The van der Waals surface area contributed by atoms with Crippen LogP contribution in [0.15, 0.2) is 48.5 Å². The van der Waals surface area contributed by atoms with Crippen LogP contribution in [-0.2, 0) is 11.2 Å². The molecule has 1 fully saturated rings. The highest BCUT2D eigenvalue weighted by Gasteiger charge is 2.27.